The largest absolute Gasteiger partial charge is 0.417 e. The van der Waals surface area contributed by atoms with Crippen molar-refractivity contribution >= 4 is 5.57 Å². The van der Waals surface area contributed by atoms with Crippen molar-refractivity contribution in [3.63, 3.8) is 0 Å². The highest BCUT2D eigenvalue weighted by Gasteiger charge is 2.46. The summed E-state index contributed by atoms with van der Waals surface area (Å²) in [5.74, 6) is -0.0876. The number of aliphatic hydroxyl groups excluding tert-OH is 2. The van der Waals surface area contributed by atoms with Crippen molar-refractivity contribution in [3.05, 3.63) is 69.0 Å². The van der Waals surface area contributed by atoms with Crippen LogP contribution in [0.3, 0.4) is 0 Å². The van der Waals surface area contributed by atoms with E-state index in [1.807, 2.05) is 19.9 Å². The van der Waals surface area contributed by atoms with E-state index < -0.39 is 29.5 Å². The predicted octanol–water partition coefficient (Wildman–Crippen LogP) is 6.13. The van der Waals surface area contributed by atoms with Crippen LogP contribution in [-0.2, 0) is 17.3 Å². The van der Waals surface area contributed by atoms with Crippen molar-refractivity contribution in [3.8, 4) is 6.07 Å². The first kappa shape index (κ1) is 25.9. The Hall–Kier alpha value is -2.73. The normalized spacial score (nSPS) is 21.7. The summed E-state index contributed by atoms with van der Waals surface area (Å²) in [6.45, 7) is 4.84. The minimum Gasteiger partial charge on any atom is -0.388 e. The second-order valence-corrected chi connectivity index (χ2v) is 10.9. The molecular weight excluding hydrogens is 481 g/mol. The van der Waals surface area contributed by atoms with Crippen molar-refractivity contribution in [1.82, 2.24) is 4.98 Å². The van der Waals surface area contributed by atoms with Crippen LogP contribution in [0, 0.1) is 16.7 Å². The van der Waals surface area contributed by atoms with E-state index in [9.17, 15) is 28.6 Å². The van der Waals surface area contributed by atoms with Crippen molar-refractivity contribution in [1.29, 1.82) is 5.26 Å². The van der Waals surface area contributed by atoms with Gasteiger partial charge in [-0.15, -0.1) is 0 Å². The van der Waals surface area contributed by atoms with Gasteiger partial charge in [0.25, 0.3) is 0 Å². The summed E-state index contributed by atoms with van der Waals surface area (Å²) in [5, 5.41) is 32.6. The Bertz CT molecular complexity index is 1290. The molecule has 0 saturated heterocycles. The molecule has 3 aliphatic rings. The number of rotatable bonds is 4. The average Bonchev–Trinajstić information content (AvgIpc) is 2.85. The highest BCUT2D eigenvalue weighted by atomic mass is 19.4. The number of aliphatic hydroxyl groups is 2. The van der Waals surface area contributed by atoms with Gasteiger partial charge in [-0.3, -0.25) is 4.98 Å². The number of hydrogen-bond acceptors (Lipinski definition) is 5. The van der Waals surface area contributed by atoms with E-state index in [1.165, 1.54) is 6.07 Å². The molecule has 2 aromatic rings. The van der Waals surface area contributed by atoms with Gasteiger partial charge in [0, 0.05) is 22.5 Å². The fourth-order valence-corrected chi connectivity index (χ4v) is 6.23. The van der Waals surface area contributed by atoms with Gasteiger partial charge in [-0.25, -0.2) is 0 Å². The smallest absolute Gasteiger partial charge is 0.388 e. The van der Waals surface area contributed by atoms with Crippen LogP contribution in [0.1, 0.15) is 109 Å². The SMILES string of the molecule is CC(C)c1nc2c(c(C3=CCOCC3)c1[C@@H](O)c1ccc(C(F)(F)F)c(C#N)c1)C(O)CC1(CCC1)C2. The lowest BCUT2D eigenvalue weighted by molar-refractivity contribution is -0.137. The van der Waals surface area contributed by atoms with Crippen LogP contribution >= 0.6 is 0 Å². The number of benzene rings is 1. The summed E-state index contributed by atoms with van der Waals surface area (Å²) in [6.07, 6.45) is 0.446. The van der Waals surface area contributed by atoms with E-state index >= 15 is 0 Å². The molecule has 1 aliphatic heterocycles. The predicted molar refractivity (Wildman–Crippen MR) is 132 cm³/mol. The van der Waals surface area contributed by atoms with Crippen LogP contribution in [-0.4, -0.2) is 28.4 Å². The number of alkyl halides is 3. The summed E-state index contributed by atoms with van der Waals surface area (Å²) < 4.78 is 45.8. The number of nitriles is 1. The standard InChI is InChI=1S/C29H31F3N2O3/c1-16(2)26-25(27(36)18-4-5-20(29(30,31)32)19(12-18)15-33)23(17-6-10-37-11-7-17)24-21(34-26)13-28(8-3-9-28)14-22(24)35/h4-6,12,16,22,27,35-36H,3,7-11,13-14H2,1-2H3/t22?,27-/m0/s1. The number of aromatic nitrogens is 1. The van der Waals surface area contributed by atoms with E-state index in [0.29, 0.717) is 37.3 Å². The summed E-state index contributed by atoms with van der Waals surface area (Å²) in [7, 11) is 0. The second-order valence-electron chi connectivity index (χ2n) is 10.9. The Morgan fingerprint density at radius 1 is 1.24 bits per heavy atom. The van der Waals surface area contributed by atoms with Crippen LogP contribution < -0.4 is 0 Å². The monoisotopic (exact) mass is 512 g/mol. The Morgan fingerprint density at radius 3 is 2.57 bits per heavy atom. The lowest BCUT2D eigenvalue weighted by Gasteiger charge is -2.47. The Morgan fingerprint density at radius 2 is 2.00 bits per heavy atom. The van der Waals surface area contributed by atoms with Gasteiger partial charge < -0.3 is 14.9 Å². The van der Waals surface area contributed by atoms with E-state index in [-0.39, 0.29) is 16.9 Å². The van der Waals surface area contributed by atoms with Gasteiger partial charge in [0.15, 0.2) is 0 Å². The van der Waals surface area contributed by atoms with Crippen LogP contribution in [0.15, 0.2) is 24.3 Å². The van der Waals surface area contributed by atoms with Gasteiger partial charge in [-0.2, -0.15) is 18.4 Å². The molecule has 2 atom stereocenters. The highest BCUT2D eigenvalue weighted by Crippen LogP contribution is 2.55. The molecule has 5 nitrogen and oxygen atoms in total. The Kier molecular flexibility index (Phi) is 6.68. The Balaban J connectivity index is 1.73. The maximum Gasteiger partial charge on any atom is 0.417 e. The van der Waals surface area contributed by atoms with Gasteiger partial charge in [0.1, 0.15) is 6.10 Å². The molecular formula is C29H31F3N2O3. The first-order chi connectivity index (χ1) is 17.5. The van der Waals surface area contributed by atoms with Gasteiger partial charge >= 0.3 is 6.18 Å². The average molecular weight is 513 g/mol. The number of halogens is 3. The fourth-order valence-electron chi connectivity index (χ4n) is 6.23. The summed E-state index contributed by atoms with van der Waals surface area (Å²) in [6, 6.07) is 4.81. The molecule has 1 spiro atoms. The zero-order valence-electron chi connectivity index (χ0n) is 21.0. The van der Waals surface area contributed by atoms with E-state index in [1.54, 1.807) is 6.07 Å². The maximum absolute atomic E-state index is 13.4. The van der Waals surface area contributed by atoms with Crippen molar-refractivity contribution in [2.24, 2.45) is 5.41 Å². The minimum absolute atomic E-state index is 0.0598. The molecule has 5 rings (SSSR count). The molecule has 1 saturated carbocycles. The topological polar surface area (TPSA) is 86.4 Å². The lowest BCUT2D eigenvalue weighted by Crippen LogP contribution is -2.38. The Labute approximate surface area is 214 Å². The molecule has 0 amide bonds. The van der Waals surface area contributed by atoms with E-state index in [2.05, 4.69) is 0 Å². The molecule has 1 unspecified atom stereocenters. The van der Waals surface area contributed by atoms with E-state index in [0.717, 1.165) is 60.2 Å². The molecule has 1 fully saturated rings. The molecule has 2 aliphatic carbocycles. The van der Waals surface area contributed by atoms with Crippen LogP contribution in [0.25, 0.3) is 5.57 Å². The van der Waals surface area contributed by atoms with Gasteiger partial charge in [0.2, 0.25) is 0 Å². The second kappa shape index (κ2) is 9.54. The zero-order valence-corrected chi connectivity index (χ0v) is 21.0. The molecule has 37 heavy (non-hydrogen) atoms. The number of hydrogen-bond donors (Lipinski definition) is 2. The fraction of sp³-hybridized carbons (Fsp3) is 0.517. The maximum atomic E-state index is 13.4. The number of fused-ring (bicyclic) bond motifs is 1. The van der Waals surface area contributed by atoms with Crippen LogP contribution in [0.5, 0.6) is 0 Å². The number of nitrogens with zero attached hydrogens (tertiary/aromatic N) is 2. The zero-order chi connectivity index (χ0) is 26.5. The minimum atomic E-state index is -4.68. The van der Waals surface area contributed by atoms with Crippen molar-refractivity contribution in [2.75, 3.05) is 13.2 Å². The van der Waals surface area contributed by atoms with Gasteiger partial charge in [-0.1, -0.05) is 32.4 Å². The van der Waals surface area contributed by atoms with Crippen molar-refractivity contribution < 1.29 is 28.1 Å². The number of ether oxygens (including phenoxy) is 1. The third kappa shape index (κ3) is 4.58. The number of pyridine rings is 1. The van der Waals surface area contributed by atoms with Crippen LogP contribution in [0.2, 0.25) is 0 Å². The van der Waals surface area contributed by atoms with Gasteiger partial charge in [-0.05, 0) is 72.3 Å². The molecule has 1 aromatic carbocycles. The molecule has 2 heterocycles. The highest BCUT2D eigenvalue weighted by molar-refractivity contribution is 5.75. The molecule has 196 valence electrons. The first-order valence-electron chi connectivity index (χ1n) is 12.9. The molecule has 1 aromatic heterocycles. The van der Waals surface area contributed by atoms with Crippen LogP contribution in [0.4, 0.5) is 13.2 Å². The lowest BCUT2D eigenvalue weighted by atomic mass is 9.59. The summed E-state index contributed by atoms with van der Waals surface area (Å²) in [4.78, 5) is 5.02. The molecule has 2 N–H and O–H groups in total. The molecule has 0 radical (unpaired) electrons. The molecule has 0 bridgehead atoms. The van der Waals surface area contributed by atoms with Crippen molar-refractivity contribution in [2.45, 2.75) is 76.7 Å². The summed E-state index contributed by atoms with van der Waals surface area (Å²) in [5.41, 5.74) is 3.08. The summed E-state index contributed by atoms with van der Waals surface area (Å²) >= 11 is 0. The third-order valence-electron chi connectivity index (χ3n) is 8.19. The first-order valence-corrected chi connectivity index (χ1v) is 12.9. The van der Waals surface area contributed by atoms with Gasteiger partial charge in [0.05, 0.1) is 36.5 Å². The molecule has 8 heteroatoms. The third-order valence-corrected chi connectivity index (χ3v) is 8.19. The quantitative estimate of drug-likeness (QED) is 0.515. The van der Waals surface area contributed by atoms with E-state index in [4.69, 9.17) is 9.72 Å².